The zero-order chi connectivity index (χ0) is 13.3. The minimum absolute atomic E-state index is 0.0943. The highest BCUT2D eigenvalue weighted by Crippen LogP contribution is 2.28. The lowest BCUT2D eigenvalue weighted by atomic mass is 10.0. The van der Waals surface area contributed by atoms with Gasteiger partial charge < -0.3 is 10.1 Å². The standard InChI is InChI=1S/C13H17N5O/c1-13(6-7-19-8-13)17-11-9-4-2-3-5-10(9)15-12(16-11)18-14/h2-5H,6-8,14H2,1H3,(H2,15,16,17,18). The molecule has 1 aromatic carbocycles. The second-order valence-electron chi connectivity index (χ2n) is 5.05. The Morgan fingerprint density at radius 3 is 2.89 bits per heavy atom. The number of hydrazine groups is 1. The van der Waals surface area contributed by atoms with Gasteiger partial charge in [0.15, 0.2) is 0 Å². The molecule has 4 N–H and O–H groups in total. The number of aromatic nitrogens is 2. The van der Waals surface area contributed by atoms with E-state index in [4.69, 9.17) is 10.6 Å². The van der Waals surface area contributed by atoms with E-state index >= 15 is 0 Å². The molecule has 1 aromatic heterocycles. The predicted octanol–water partition coefficient (Wildman–Crippen LogP) is 1.51. The number of nitrogens with zero attached hydrogens (tertiary/aromatic N) is 2. The van der Waals surface area contributed by atoms with E-state index in [2.05, 4.69) is 27.6 Å². The third-order valence-corrected chi connectivity index (χ3v) is 3.37. The first-order chi connectivity index (χ1) is 9.20. The van der Waals surface area contributed by atoms with E-state index < -0.39 is 0 Å². The van der Waals surface area contributed by atoms with Gasteiger partial charge in [-0.3, -0.25) is 5.43 Å². The number of ether oxygens (including phenoxy) is 1. The summed E-state index contributed by atoms with van der Waals surface area (Å²) in [5, 5.41) is 4.44. The van der Waals surface area contributed by atoms with Crippen LogP contribution in [0.5, 0.6) is 0 Å². The molecule has 0 bridgehead atoms. The molecule has 100 valence electrons. The molecule has 0 saturated carbocycles. The molecule has 2 aromatic rings. The smallest absolute Gasteiger partial charge is 0.239 e. The average molecular weight is 259 g/mol. The van der Waals surface area contributed by atoms with Crippen LogP contribution in [-0.4, -0.2) is 28.7 Å². The van der Waals surface area contributed by atoms with Crippen LogP contribution < -0.4 is 16.6 Å². The normalized spacial score (nSPS) is 22.6. The molecule has 19 heavy (non-hydrogen) atoms. The summed E-state index contributed by atoms with van der Waals surface area (Å²) in [7, 11) is 0. The van der Waals surface area contributed by atoms with Crippen molar-refractivity contribution >= 4 is 22.7 Å². The summed E-state index contributed by atoms with van der Waals surface area (Å²) in [5.74, 6) is 6.61. The number of hydrogen-bond acceptors (Lipinski definition) is 6. The molecule has 6 heteroatoms. The molecular weight excluding hydrogens is 242 g/mol. The van der Waals surface area contributed by atoms with E-state index in [1.54, 1.807) is 0 Å². The lowest BCUT2D eigenvalue weighted by Gasteiger charge is -2.25. The summed E-state index contributed by atoms with van der Waals surface area (Å²) in [6.45, 7) is 3.58. The summed E-state index contributed by atoms with van der Waals surface area (Å²) in [4.78, 5) is 8.75. The molecular formula is C13H17N5O. The van der Waals surface area contributed by atoms with Crippen molar-refractivity contribution in [2.45, 2.75) is 18.9 Å². The number of anilines is 2. The van der Waals surface area contributed by atoms with Gasteiger partial charge in [-0.25, -0.2) is 10.8 Å². The van der Waals surface area contributed by atoms with E-state index in [0.29, 0.717) is 12.6 Å². The maximum atomic E-state index is 5.45. The van der Waals surface area contributed by atoms with Gasteiger partial charge in [-0.05, 0) is 25.5 Å². The Morgan fingerprint density at radius 2 is 2.16 bits per heavy atom. The zero-order valence-electron chi connectivity index (χ0n) is 10.8. The topological polar surface area (TPSA) is 85.1 Å². The number of fused-ring (bicyclic) bond motifs is 1. The minimum Gasteiger partial charge on any atom is -0.379 e. The summed E-state index contributed by atoms with van der Waals surface area (Å²) < 4.78 is 5.45. The van der Waals surface area contributed by atoms with Gasteiger partial charge in [-0.2, -0.15) is 4.98 Å². The molecule has 1 saturated heterocycles. The second kappa shape index (κ2) is 4.64. The first-order valence-electron chi connectivity index (χ1n) is 6.29. The van der Waals surface area contributed by atoms with Crippen LogP contribution in [0.25, 0.3) is 10.9 Å². The average Bonchev–Trinajstić information content (AvgIpc) is 2.85. The Morgan fingerprint density at radius 1 is 1.32 bits per heavy atom. The summed E-state index contributed by atoms with van der Waals surface area (Å²) in [6.07, 6.45) is 0.955. The van der Waals surface area contributed by atoms with Crippen LogP contribution in [0, 0.1) is 0 Å². The fourth-order valence-corrected chi connectivity index (χ4v) is 2.29. The van der Waals surface area contributed by atoms with Crippen LogP contribution in [0.3, 0.4) is 0 Å². The molecule has 1 unspecified atom stereocenters. The molecule has 0 radical (unpaired) electrons. The Balaban J connectivity index is 2.05. The SMILES string of the molecule is CC1(Nc2nc(NN)nc3ccccc23)CCOC1. The fourth-order valence-electron chi connectivity index (χ4n) is 2.29. The van der Waals surface area contributed by atoms with Crippen LogP contribution >= 0.6 is 0 Å². The lowest BCUT2D eigenvalue weighted by Crippen LogP contribution is -2.35. The number of nitrogens with one attached hydrogen (secondary N) is 2. The van der Waals surface area contributed by atoms with Gasteiger partial charge in [-0.15, -0.1) is 0 Å². The van der Waals surface area contributed by atoms with Crippen LogP contribution in [0.4, 0.5) is 11.8 Å². The highest BCUT2D eigenvalue weighted by Gasteiger charge is 2.30. The molecule has 3 rings (SSSR count). The van der Waals surface area contributed by atoms with Crippen molar-refractivity contribution < 1.29 is 4.74 Å². The number of para-hydroxylation sites is 1. The fraction of sp³-hybridized carbons (Fsp3) is 0.385. The van der Waals surface area contributed by atoms with Crippen LogP contribution in [-0.2, 0) is 4.74 Å². The molecule has 0 aliphatic carbocycles. The summed E-state index contributed by atoms with van der Waals surface area (Å²) in [5.41, 5.74) is 3.27. The highest BCUT2D eigenvalue weighted by molar-refractivity contribution is 5.90. The van der Waals surface area contributed by atoms with Gasteiger partial charge in [0.1, 0.15) is 5.82 Å². The number of benzene rings is 1. The molecule has 1 fully saturated rings. The number of nitrogen functional groups attached to an aromatic ring is 1. The Hall–Kier alpha value is -1.92. The van der Waals surface area contributed by atoms with Crippen molar-refractivity contribution in [1.82, 2.24) is 9.97 Å². The van der Waals surface area contributed by atoms with Gasteiger partial charge in [-0.1, -0.05) is 12.1 Å². The van der Waals surface area contributed by atoms with Crippen molar-refractivity contribution in [1.29, 1.82) is 0 Å². The van der Waals surface area contributed by atoms with Crippen LogP contribution in [0.1, 0.15) is 13.3 Å². The van der Waals surface area contributed by atoms with E-state index in [1.807, 2.05) is 24.3 Å². The number of hydrogen-bond donors (Lipinski definition) is 3. The highest BCUT2D eigenvalue weighted by atomic mass is 16.5. The molecule has 1 atom stereocenters. The van der Waals surface area contributed by atoms with E-state index in [1.165, 1.54) is 0 Å². The predicted molar refractivity (Wildman–Crippen MR) is 74.8 cm³/mol. The monoisotopic (exact) mass is 259 g/mol. The third-order valence-electron chi connectivity index (χ3n) is 3.37. The van der Waals surface area contributed by atoms with Crippen LogP contribution in [0.2, 0.25) is 0 Å². The van der Waals surface area contributed by atoms with Crippen molar-refractivity contribution in [3.05, 3.63) is 24.3 Å². The van der Waals surface area contributed by atoms with Gasteiger partial charge in [0.05, 0.1) is 17.7 Å². The molecule has 0 spiro atoms. The molecule has 2 heterocycles. The molecule has 1 aliphatic heterocycles. The largest absolute Gasteiger partial charge is 0.379 e. The second-order valence-corrected chi connectivity index (χ2v) is 5.05. The van der Waals surface area contributed by atoms with Gasteiger partial charge in [0, 0.05) is 12.0 Å². The quantitative estimate of drug-likeness (QED) is 0.572. The van der Waals surface area contributed by atoms with Gasteiger partial charge in [0.2, 0.25) is 5.95 Å². The minimum atomic E-state index is -0.0943. The Kier molecular flexibility index (Phi) is 2.96. The molecule has 0 amide bonds. The Labute approximate surface area is 111 Å². The van der Waals surface area contributed by atoms with E-state index in [-0.39, 0.29) is 5.54 Å². The lowest BCUT2D eigenvalue weighted by molar-refractivity contribution is 0.185. The summed E-state index contributed by atoms with van der Waals surface area (Å²) in [6, 6.07) is 7.85. The van der Waals surface area contributed by atoms with Crippen molar-refractivity contribution in [3.8, 4) is 0 Å². The Bertz CT molecular complexity index is 595. The van der Waals surface area contributed by atoms with Crippen LogP contribution in [0.15, 0.2) is 24.3 Å². The van der Waals surface area contributed by atoms with Crippen molar-refractivity contribution in [3.63, 3.8) is 0 Å². The summed E-state index contributed by atoms with van der Waals surface area (Å²) >= 11 is 0. The number of rotatable bonds is 3. The maximum absolute atomic E-state index is 5.45. The van der Waals surface area contributed by atoms with E-state index in [9.17, 15) is 0 Å². The number of nitrogens with two attached hydrogens (primary N) is 1. The molecule has 1 aliphatic rings. The molecule has 6 nitrogen and oxygen atoms in total. The van der Waals surface area contributed by atoms with Crippen molar-refractivity contribution in [2.75, 3.05) is 24.0 Å². The zero-order valence-corrected chi connectivity index (χ0v) is 10.8. The first-order valence-corrected chi connectivity index (χ1v) is 6.29. The first kappa shape index (κ1) is 12.1. The van der Waals surface area contributed by atoms with Gasteiger partial charge >= 0.3 is 0 Å². The third kappa shape index (κ3) is 2.32. The van der Waals surface area contributed by atoms with Gasteiger partial charge in [0.25, 0.3) is 0 Å². The van der Waals surface area contributed by atoms with E-state index in [0.717, 1.165) is 29.7 Å². The van der Waals surface area contributed by atoms with Crippen molar-refractivity contribution in [2.24, 2.45) is 5.84 Å². The maximum Gasteiger partial charge on any atom is 0.239 e.